The second kappa shape index (κ2) is 14.0. The molecule has 0 radical (unpaired) electrons. The summed E-state index contributed by atoms with van der Waals surface area (Å²) in [7, 11) is 0. The first kappa shape index (κ1) is 16.9. The molecule has 0 aromatic rings. The molecule has 0 bridgehead atoms. The maximum absolute atomic E-state index is 10.3. The van der Waals surface area contributed by atoms with Gasteiger partial charge in [0.1, 0.15) is 0 Å². The molecule has 0 heterocycles. The van der Waals surface area contributed by atoms with Crippen molar-refractivity contribution in [3.8, 4) is 0 Å². The summed E-state index contributed by atoms with van der Waals surface area (Å²) < 4.78 is 0. The summed E-state index contributed by atoms with van der Waals surface area (Å²) in [4.78, 5) is 10.3. The van der Waals surface area contributed by atoms with Gasteiger partial charge in [-0.3, -0.25) is 4.79 Å². The molecule has 0 saturated carbocycles. The van der Waals surface area contributed by atoms with Crippen LogP contribution in [0.15, 0.2) is 24.3 Å². The molecule has 0 saturated heterocycles. The Morgan fingerprint density at radius 1 is 0.833 bits per heavy atom. The highest BCUT2D eigenvalue weighted by atomic mass is 16.4. The predicted octanol–water partition coefficient (Wildman–Crippen LogP) is 5.10. The summed E-state index contributed by atoms with van der Waals surface area (Å²) >= 11 is 0. The smallest absolute Gasteiger partial charge is 0.303 e. The summed E-state index contributed by atoms with van der Waals surface area (Å²) in [6, 6.07) is 0. The molecule has 0 spiro atoms. The van der Waals surface area contributed by atoms with Crippen LogP contribution in [0, 0.1) is 0 Å². The molecule has 104 valence electrons. The van der Waals surface area contributed by atoms with E-state index in [1.165, 1.54) is 19.3 Å². The van der Waals surface area contributed by atoms with Crippen molar-refractivity contribution in [2.24, 2.45) is 0 Å². The normalized spacial score (nSPS) is 11.6. The number of hydrogen-bond acceptors (Lipinski definition) is 1. The summed E-state index contributed by atoms with van der Waals surface area (Å²) in [5.74, 6) is -0.680. The molecular formula is C16H28O2. The Morgan fingerprint density at radius 3 is 1.94 bits per heavy atom. The van der Waals surface area contributed by atoms with Crippen LogP contribution in [0.1, 0.15) is 71.1 Å². The van der Waals surface area contributed by atoms with Gasteiger partial charge in [-0.05, 0) is 38.5 Å². The van der Waals surface area contributed by atoms with E-state index in [1.54, 1.807) is 0 Å². The van der Waals surface area contributed by atoms with Crippen LogP contribution in [0.2, 0.25) is 0 Å². The lowest BCUT2D eigenvalue weighted by Crippen LogP contribution is -1.93. The molecule has 0 rings (SSSR count). The van der Waals surface area contributed by atoms with E-state index in [0.717, 1.165) is 38.5 Å². The minimum absolute atomic E-state index is 0.312. The lowest BCUT2D eigenvalue weighted by atomic mass is 10.1. The minimum atomic E-state index is -0.680. The highest BCUT2D eigenvalue weighted by molar-refractivity contribution is 5.66. The van der Waals surface area contributed by atoms with Gasteiger partial charge in [0.15, 0.2) is 0 Å². The molecule has 2 nitrogen and oxygen atoms in total. The summed E-state index contributed by atoms with van der Waals surface area (Å²) in [5.41, 5.74) is 0. The van der Waals surface area contributed by atoms with E-state index in [2.05, 4.69) is 31.2 Å². The predicted molar refractivity (Wildman–Crippen MR) is 77.8 cm³/mol. The van der Waals surface area contributed by atoms with E-state index < -0.39 is 5.97 Å². The van der Waals surface area contributed by atoms with Crippen LogP contribution in [-0.4, -0.2) is 11.1 Å². The zero-order valence-electron chi connectivity index (χ0n) is 11.7. The molecule has 0 aliphatic heterocycles. The molecule has 0 amide bonds. The lowest BCUT2D eigenvalue weighted by Gasteiger charge is -1.95. The molecule has 0 aliphatic carbocycles. The molecular weight excluding hydrogens is 224 g/mol. The zero-order valence-corrected chi connectivity index (χ0v) is 11.7. The topological polar surface area (TPSA) is 37.3 Å². The molecule has 0 unspecified atom stereocenters. The number of unbranched alkanes of at least 4 members (excludes halogenated alkanes) is 6. The first-order chi connectivity index (χ1) is 8.77. The highest BCUT2D eigenvalue weighted by Gasteiger charge is 1.94. The van der Waals surface area contributed by atoms with Gasteiger partial charge in [0.2, 0.25) is 0 Å². The van der Waals surface area contributed by atoms with Crippen molar-refractivity contribution < 1.29 is 9.90 Å². The molecule has 0 atom stereocenters. The van der Waals surface area contributed by atoms with E-state index in [1.807, 2.05) is 0 Å². The lowest BCUT2D eigenvalue weighted by molar-refractivity contribution is -0.137. The fourth-order valence-corrected chi connectivity index (χ4v) is 1.70. The molecule has 0 aliphatic rings. The monoisotopic (exact) mass is 252 g/mol. The average molecular weight is 252 g/mol. The Bertz CT molecular complexity index is 241. The van der Waals surface area contributed by atoms with Gasteiger partial charge >= 0.3 is 5.97 Å². The van der Waals surface area contributed by atoms with Crippen LogP contribution in [0.25, 0.3) is 0 Å². The van der Waals surface area contributed by atoms with Crippen LogP contribution in [0.4, 0.5) is 0 Å². The summed E-state index contributed by atoms with van der Waals surface area (Å²) in [5, 5.41) is 8.47. The standard InChI is InChI=1S/C16H28O2/c1-2-3-4-5-6-7-8-9-10-11-12-13-14-15-16(17)18/h5-6,9-10H,2-4,7-8,11-15H2,1H3,(H,17,18)/b6-5-,10-9-. The number of rotatable bonds is 12. The largest absolute Gasteiger partial charge is 0.481 e. The van der Waals surface area contributed by atoms with E-state index in [-0.39, 0.29) is 0 Å². The average Bonchev–Trinajstić information content (AvgIpc) is 2.34. The number of carboxylic acids is 1. The quantitative estimate of drug-likeness (QED) is 0.387. The number of carbonyl (C=O) groups is 1. The Balaban J connectivity index is 3.18. The first-order valence-corrected chi connectivity index (χ1v) is 7.29. The van der Waals surface area contributed by atoms with Gasteiger partial charge in [-0.15, -0.1) is 0 Å². The summed E-state index contributed by atoms with van der Waals surface area (Å²) in [6.07, 6.45) is 19.4. The van der Waals surface area contributed by atoms with Gasteiger partial charge in [0, 0.05) is 6.42 Å². The Hall–Kier alpha value is -1.05. The third-order valence-electron chi connectivity index (χ3n) is 2.82. The van der Waals surface area contributed by atoms with Crippen molar-refractivity contribution in [2.45, 2.75) is 71.1 Å². The number of carboxylic acid groups (broad SMARTS) is 1. The van der Waals surface area contributed by atoms with Crippen LogP contribution in [0.5, 0.6) is 0 Å². The van der Waals surface area contributed by atoms with Gasteiger partial charge < -0.3 is 5.11 Å². The molecule has 0 aromatic carbocycles. The second-order valence-corrected chi connectivity index (χ2v) is 4.66. The van der Waals surface area contributed by atoms with Crippen molar-refractivity contribution in [3.63, 3.8) is 0 Å². The van der Waals surface area contributed by atoms with Gasteiger partial charge in [-0.1, -0.05) is 50.5 Å². The van der Waals surface area contributed by atoms with Gasteiger partial charge in [-0.2, -0.15) is 0 Å². The number of hydrogen-bond donors (Lipinski definition) is 1. The third kappa shape index (κ3) is 14.9. The Labute approximate surface area is 112 Å². The van der Waals surface area contributed by atoms with Crippen molar-refractivity contribution in [1.29, 1.82) is 0 Å². The maximum atomic E-state index is 10.3. The Morgan fingerprint density at radius 2 is 1.39 bits per heavy atom. The highest BCUT2D eigenvalue weighted by Crippen LogP contribution is 2.05. The van der Waals surface area contributed by atoms with E-state index >= 15 is 0 Å². The maximum Gasteiger partial charge on any atom is 0.303 e. The SMILES string of the molecule is CCCC/C=C\CC/C=C\CCCCCC(=O)O. The van der Waals surface area contributed by atoms with Crippen LogP contribution < -0.4 is 0 Å². The van der Waals surface area contributed by atoms with Crippen molar-refractivity contribution >= 4 is 5.97 Å². The number of allylic oxidation sites excluding steroid dienone is 4. The van der Waals surface area contributed by atoms with Gasteiger partial charge in [0.05, 0.1) is 0 Å². The van der Waals surface area contributed by atoms with E-state index in [0.29, 0.717) is 6.42 Å². The molecule has 2 heteroatoms. The van der Waals surface area contributed by atoms with E-state index in [4.69, 9.17) is 5.11 Å². The zero-order chi connectivity index (χ0) is 13.5. The minimum Gasteiger partial charge on any atom is -0.481 e. The van der Waals surface area contributed by atoms with Crippen molar-refractivity contribution in [1.82, 2.24) is 0 Å². The molecule has 1 N–H and O–H groups in total. The number of aliphatic carboxylic acids is 1. The van der Waals surface area contributed by atoms with Crippen molar-refractivity contribution in [3.05, 3.63) is 24.3 Å². The van der Waals surface area contributed by atoms with Crippen LogP contribution >= 0.6 is 0 Å². The first-order valence-electron chi connectivity index (χ1n) is 7.29. The third-order valence-corrected chi connectivity index (χ3v) is 2.82. The van der Waals surface area contributed by atoms with Gasteiger partial charge in [0.25, 0.3) is 0 Å². The van der Waals surface area contributed by atoms with E-state index in [9.17, 15) is 4.79 Å². The fourth-order valence-electron chi connectivity index (χ4n) is 1.70. The summed E-state index contributed by atoms with van der Waals surface area (Å²) in [6.45, 7) is 2.22. The fraction of sp³-hybridized carbons (Fsp3) is 0.688. The van der Waals surface area contributed by atoms with Crippen LogP contribution in [0.3, 0.4) is 0 Å². The molecule has 0 fully saturated rings. The molecule has 18 heavy (non-hydrogen) atoms. The second-order valence-electron chi connectivity index (χ2n) is 4.66. The Kier molecular flexibility index (Phi) is 13.2. The van der Waals surface area contributed by atoms with Crippen LogP contribution in [-0.2, 0) is 4.79 Å². The van der Waals surface area contributed by atoms with Crippen molar-refractivity contribution in [2.75, 3.05) is 0 Å². The molecule has 0 aromatic heterocycles. The van der Waals surface area contributed by atoms with Gasteiger partial charge in [-0.25, -0.2) is 0 Å².